The van der Waals surface area contributed by atoms with E-state index in [1.165, 1.54) is 0 Å². The first-order chi connectivity index (χ1) is 7.51. The summed E-state index contributed by atoms with van der Waals surface area (Å²) in [5.41, 5.74) is 0. The molecule has 2 amide bonds. The summed E-state index contributed by atoms with van der Waals surface area (Å²) in [5.74, 6) is -1.59. The van der Waals surface area contributed by atoms with E-state index in [-0.39, 0.29) is 13.1 Å². The van der Waals surface area contributed by atoms with E-state index >= 15 is 0 Å². The van der Waals surface area contributed by atoms with Gasteiger partial charge in [-0.2, -0.15) is 0 Å². The third kappa shape index (κ3) is 6.36. The molecule has 0 aromatic rings. The van der Waals surface area contributed by atoms with Gasteiger partial charge in [-0.1, -0.05) is 13.8 Å². The van der Waals surface area contributed by atoms with Crippen LogP contribution >= 0.6 is 0 Å². The smallest absolute Gasteiger partial charge is 0.309 e. The summed E-state index contributed by atoms with van der Waals surface area (Å²) in [6, 6.07) is 0. The first-order valence-corrected chi connectivity index (χ1v) is 5.43. The maximum atomic E-state index is 11.1. The Balaban J connectivity index is 3.78. The van der Waals surface area contributed by atoms with Crippen molar-refractivity contribution >= 4 is 11.8 Å². The van der Waals surface area contributed by atoms with Gasteiger partial charge in [-0.15, -0.1) is 0 Å². The highest BCUT2D eigenvalue weighted by Gasteiger charge is 2.14. The lowest BCUT2D eigenvalue weighted by atomic mass is 10.2. The van der Waals surface area contributed by atoms with E-state index in [1.807, 2.05) is 0 Å². The molecule has 0 fully saturated rings. The first-order valence-electron chi connectivity index (χ1n) is 5.43. The molecule has 0 aliphatic heterocycles. The monoisotopic (exact) mass is 232 g/mol. The molecule has 0 aromatic heterocycles. The molecule has 0 rings (SSSR count). The number of carbonyl (C=O) groups excluding carboxylic acids is 2. The molecule has 6 nitrogen and oxygen atoms in total. The van der Waals surface area contributed by atoms with Crippen molar-refractivity contribution in [2.24, 2.45) is 0 Å². The predicted octanol–water partition coefficient (Wildman–Crippen LogP) is -1.24. The summed E-state index contributed by atoms with van der Waals surface area (Å²) in [4.78, 5) is 22.3. The van der Waals surface area contributed by atoms with Crippen LogP contribution in [-0.2, 0) is 9.59 Å². The molecule has 2 atom stereocenters. The molecule has 0 heterocycles. The molecule has 6 heteroatoms. The van der Waals surface area contributed by atoms with Crippen LogP contribution in [0.15, 0.2) is 0 Å². The van der Waals surface area contributed by atoms with Gasteiger partial charge in [0.25, 0.3) is 0 Å². The molecular formula is C10H20N2O4. The molecule has 0 bridgehead atoms. The fraction of sp³-hybridized carbons (Fsp3) is 0.800. The number of aliphatic hydroxyl groups excluding tert-OH is 2. The number of carbonyl (C=O) groups is 2. The Morgan fingerprint density at radius 3 is 1.50 bits per heavy atom. The molecule has 2 unspecified atom stereocenters. The number of aliphatic hydroxyl groups is 2. The van der Waals surface area contributed by atoms with Crippen LogP contribution in [0.5, 0.6) is 0 Å². The lowest BCUT2D eigenvalue weighted by Crippen LogP contribution is -2.44. The summed E-state index contributed by atoms with van der Waals surface area (Å²) < 4.78 is 0. The molecule has 0 saturated carbocycles. The number of nitrogens with one attached hydrogen (secondary N) is 2. The molecule has 0 spiro atoms. The highest BCUT2D eigenvalue weighted by atomic mass is 16.3. The van der Waals surface area contributed by atoms with Crippen LogP contribution in [-0.4, -0.2) is 47.3 Å². The second-order valence-electron chi connectivity index (χ2n) is 3.54. The minimum atomic E-state index is -0.796. The zero-order valence-corrected chi connectivity index (χ0v) is 9.69. The van der Waals surface area contributed by atoms with E-state index in [2.05, 4.69) is 10.6 Å². The van der Waals surface area contributed by atoms with E-state index in [1.54, 1.807) is 13.8 Å². The molecule has 0 aliphatic carbocycles. The van der Waals surface area contributed by atoms with Crippen molar-refractivity contribution in [2.45, 2.75) is 38.9 Å². The second kappa shape index (κ2) is 8.06. The Morgan fingerprint density at radius 1 is 0.938 bits per heavy atom. The van der Waals surface area contributed by atoms with Crippen LogP contribution in [0.25, 0.3) is 0 Å². The summed E-state index contributed by atoms with van der Waals surface area (Å²) >= 11 is 0. The Hall–Kier alpha value is -1.14. The van der Waals surface area contributed by atoms with Crippen LogP contribution in [0, 0.1) is 0 Å². The number of hydrogen-bond donors (Lipinski definition) is 4. The van der Waals surface area contributed by atoms with E-state index in [4.69, 9.17) is 10.2 Å². The summed E-state index contributed by atoms with van der Waals surface area (Å²) in [5, 5.41) is 22.9. The molecule has 4 N–H and O–H groups in total. The van der Waals surface area contributed by atoms with E-state index < -0.39 is 24.0 Å². The van der Waals surface area contributed by atoms with E-state index in [0.29, 0.717) is 12.8 Å². The van der Waals surface area contributed by atoms with Crippen LogP contribution in [0.4, 0.5) is 0 Å². The largest absolute Gasteiger partial charge is 0.391 e. The van der Waals surface area contributed by atoms with Gasteiger partial charge in [0.15, 0.2) is 0 Å². The van der Waals surface area contributed by atoms with Gasteiger partial charge in [-0.3, -0.25) is 9.59 Å². The van der Waals surface area contributed by atoms with E-state index in [9.17, 15) is 9.59 Å². The third-order valence-corrected chi connectivity index (χ3v) is 2.15. The lowest BCUT2D eigenvalue weighted by molar-refractivity contribution is -0.139. The van der Waals surface area contributed by atoms with Crippen molar-refractivity contribution in [2.75, 3.05) is 13.1 Å². The standard InChI is InChI=1S/C10H20N2O4/c1-3-7(13)5-11-9(15)10(16)12-6-8(14)4-2/h7-8,13-14H,3-6H2,1-2H3,(H,11,15)(H,12,16). The van der Waals surface area contributed by atoms with Gasteiger partial charge in [0.2, 0.25) is 0 Å². The molecule has 0 radical (unpaired) electrons. The minimum absolute atomic E-state index is 0.0546. The normalized spacial score (nSPS) is 14.0. The van der Waals surface area contributed by atoms with Crippen LogP contribution < -0.4 is 10.6 Å². The van der Waals surface area contributed by atoms with Crippen molar-refractivity contribution in [3.63, 3.8) is 0 Å². The summed E-state index contributed by atoms with van der Waals surface area (Å²) in [6.07, 6.45) is -0.261. The number of amides is 2. The second-order valence-corrected chi connectivity index (χ2v) is 3.54. The van der Waals surface area contributed by atoms with Gasteiger partial charge in [-0.25, -0.2) is 0 Å². The van der Waals surface area contributed by atoms with Crippen molar-refractivity contribution in [1.82, 2.24) is 10.6 Å². The van der Waals surface area contributed by atoms with Crippen LogP contribution in [0.3, 0.4) is 0 Å². The Bertz CT molecular complexity index is 209. The maximum Gasteiger partial charge on any atom is 0.309 e. The van der Waals surface area contributed by atoms with Crippen molar-refractivity contribution in [1.29, 1.82) is 0 Å². The van der Waals surface area contributed by atoms with Crippen molar-refractivity contribution < 1.29 is 19.8 Å². The third-order valence-electron chi connectivity index (χ3n) is 2.15. The van der Waals surface area contributed by atoms with Gasteiger partial charge >= 0.3 is 11.8 Å². The molecule has 16 heavy (non-hydrogen) atoms. The van der Waals surface area contributed by atoms with Gasteiger partial charge in [0, 0.05) is 13.1 Å². The minimum Gasteiger partial charge on any atom is -0.391 e. The average molecular weight is 232 g/mol. The Kier molecular flexibility index (Phi) is 7.49. The highest BCUT2D eigenvalue weighted by Crippen LogP contribution is 1.87. The van der Waals surface area contributed by atoms with Gasteiger partial charge in [0.1, 0.15) is 0 Å². The maximum absolute atomic E-state index is 11.1. The van der Waals surface area contributed by atoms with Gasteiger partial charge in [0.05, 0.1) is 12.2 Å². The van der Waals surface area contributed by atoms with Gasteiger partial charge in [-0.05, 0) is 12.8 Å². The molecule has 94 valence electrons. The Morgan fingerprint density at radius 2 is 1.25 bits per heavy atom. The zero-order chi connectivity index (χ0) is 12.6. The molecule has 0 aliphatic rings. The van der Waals surface area contributed by atoms with Crippen molar-refractivity contribution in [3.05, 3.63) is 0 Å². The zero-order valence-electron chi connectivity index (χ0n) is 9.69. The van der Waals surface area contributed by atoms with E-state index in [0.717, 1.165) is 0 Å². The molecule has 0 aromatic carbocycles. The summed E-state index contributed by atoms with van der Waals surface area (Å²) in [7, 11) is 0. The quantitative estimate of drug-likeness (QED) is 0.430. The topological polar surface area (TPSA) is 98.7 Å². The lowest BCUT2D eigenvalue weighted by Gasteiger charge is -2.11. The highest BCUT2D eigenvalue weighted by molar-refractivity contribution is 6.35. The van der Waals surface area contributed by atoms with Gasteiger partial charge < -0.3 is 20.8 Å². The summed E-state index contributed by atoms with van der Waals surface area (Å²) in [6.45, 7) is 3.65. The van der Waals surface area contributed by atoms with Crippen LogP contribution in [0.2, 0.25) is 0 Å². The average Bonchev–Trinajstić information content (AvgIpc) is 2.31. The predicted molar refractivity (Wildman–Crippen MR) is 58.6 cm³/mol. The van der Waals surface area contributed by atoms with Crippen molar-refractivity contribution in [3.8, 4) is 0 Å². The van der Waals surface area contributed by atoms with Crippen LogP contribution in [0.1, 0.15) is 26.7 Å². The first kappa shape index (κ1) is 14.9. The number of hydrogen-bond acceptors (Lipinski definition) is 4. The molecular weight excluding hydrogens is 212 g/mol. The fourth-order valence-electron chi connectivity index (χ4n) is 0.870. The fourth-order valence-corrected chi connectivity index (χ4v) is 0.870. The SMILES string of the molecule is CCC(O)CNC(=O)C(=O)NCC(O)CC. The molecule has 0 saturated heterocycles. The Labute approximate surface area is 95.0 Å². The number of rotatable bonds is 6.